The van der Waals surface area contributed by atoms with Crippen molar-refractivity contribution in [2.45, 2.75) is 6.92 Å². The van der Waals surface area contributed by atoms with Gasteiger partial charge in [-0.1, -0.05) is 0 Å². The Bertz CT molecular complexity index is 777. The van der Waals surface area contributed by atoms with Crippen molar-refractivity contribution in [3.63, 3.8) is 0 Å². The first-order chi connectivity index (χ1) is 11.5. The number of esters is 1. The normalized spacial score (nSPS) is 10.5. The lowest BCUT2D eigenvalue weighted by atomic mass is 10.0. The number of carbonyl (C=O) groups excluding carboxylic acids is 1. The molecule has 8 heteroatoms. The molecule has 0 fully saturated rings. The van der Waals surface area contributed by atoms with Crippen LogP contribution < -0.4 is 9.47 Å². The first-order valence-electron chi connectivity index (χ1n) is 7.10. The van der Waals surface area contributed by atoms with Crippen molar-refractivity contribution in [3.05, 3.63) is 39.9 Å². The Morgan fingerprint density at radius 2 is 1.88 bits per heavy atom. The van der Waals surface area contributed by atoms with Gasteiger partial charge in [0.05, 0.1) is 18.6 Å². The number of nitro groups is 1. The first kappa shape index (κ1) is 17.9. The molecule has 0 unspecified atom stereocenters. The molecule has 0 amide bonds. The number of hydrogen-bond acceptors (Lipinski definition) is 7. The highest BCUT2D eigenvalue weighted by Gasteiger charge is 2.23. The quantitative estimate of drug-likeness (QED) is 0.326. The van der Waals surface area contributed by atoms with Gasteiger partial charge in [0.25, 0.3) is 5.69 Å². The largest absolute Gasteiger partial charge is 0.493 e. The minimum absolute atomic E-state index is 0.0877. The Kier molecular flexibility index (Phi) is 5.86. The Balaban J connectivity index is 2.63. The van der Waals surface area contributed by atoms with Crippen LogP contribution in [0.1, 0.15) is 17.3 Å². The van der Waals surface area contributed by atoms with Crippen molar-refractivity contribution in [1.29, 1.82) is 0 Å². The van der Waals surface area contributed by atoms with Gasteiger partial charge in [0.2, 0.25) is 0 Å². The topological polar surface area (TPSA) is 87.9 Å². The lowest BCUT2D eigenvalue weighted by Crippen LogP contribution is -2.08. The third-order valence-electron chi connectivity index (χ3n) is 3.26. The number of nitrogens with zero attached hydrogens (tertiary/aromatic N) is 1. The lowest BCUT2D eigenvalue weighted by molar-refractivity contribution is -0.385. The van der Waals surface area contributed by atoms with Crippen LogP contribution in [0.3, 0.4) is 0 Å². The van der Waals surface area contributed by atoms with Gasteiger partial charge in [-0.15, -0.1) is 11.8 Å². The number of nitro benzene ring substituents is 1. The molecule has 0 bridgehead atoms. The Morgan fingerprint density at radius 1 is 1.21 bits per heavy atom. The molecule has 0 aliphatic carbocycles. The van der Waals surface area contributed by atoms with Crippen LogP contribution in [0, 0.1) is 10.1 Å². The van der Waals surface area contributed by atoms with Crippen molar-refractivity contribution < 1.29 is 23.9 Å². The summed E-state index contributed by atoms with van der Waals surface area (Å²) in [4.78, 5) is 22.7. The molecular formula is C16H17NO6S. The monoisotopic (exact) mass is 351 g/mol. The molecule has 0 spiro atoms. The Morgan fingerprint density at radius 3 is 2.46 bits per heavy atom. The maximum absolute atomic E-state index is 12.0. The summed E-state index contributed by atoms with van der Waals surface area (Å²) in [6.07, 6.45) is 1.90. The van der Waals surface area contributed by atoms with Crippen molar-refractivity contribution in [2.24, 2.45) is 0 Å². The van der Waals surface area contributed by atoms with Crippen molar-refractivity contribution in [3.8, 4) is 11.5 Å². The first-order valence-corrected chi connectivity index (χ1v) is 8.50. The highest BCUT2D eigenvalue weighted by atomic mass is 32.2. The molecular weight excluding hydrogens is 334 g/mol. The number of rotatable bonds is 7. The molecule has 128 valence electrons. The van der Waals surface area contributed by atoms with E-state index in [-0.39, 0.29) is 17.9 Å². The SMILES string of the molecule is CCOC(=O)c1cc2cc(OCSC)c(OC)cc2cc1[N+](=O)[O-]. The summed E-state index contributed by atoms with van der Waals surface area (Å²) in [6.45, 7) is 1.78. The lowest BCUT2D eigenvalue weighted by Gasteiger charge is -2.12. The van der Waals surface area contributed by atoms with E-state index >= 15 is 0 Å². The van der Waals surface area contributed by atoms with Gasteiger partial charge in [0.15, 0.2) is 11.5 Å². The molecule has 0 radical (unpaired) electrons. The molecule has 7 nitrogen and oxygen atoms in total. The number of ether oxygens (including phenoxy) is 3. The smallest absolute Gasteiger partial charge is 0.345 e. The van der Waals surface area contributed by atoms with E-state index < -0.39 is 10.9 Å². The fourth-order valence-electron chi connectivity index (χ4n) is 2.21. The van der Waals surface area contributed by atoms with E-state index in [0.29, 0.717) is 28.2 Å². The number of fused-ring (bicyclic) bond motifs is 1. The zero-order valence-electron chi connectivity index (χ0n) is 13.5. The summed E-state index contributed by atoms with van der Waals surface area (Å²) in [5.74, 6) is 0.672. The van der Waals surface area contributed by atoms with Gasteiger partial charge in [-0.25, -0.2) is 4.79 Å². The van der Waals surface area contributed by atoms with Crippen molar-refractivity contribution in [1.82, 2.24) is 0 Å². The number of carbonyl (C=O) groups is 1. The summed E-state index contributed by atoms with van der Waals surface area (Å²) < 4.78 is 15.8. The highest BCUT2D eigenvalue weighted by molar-refractivity contribution is 7.98. The molecule has 0 saturated heterocycles. The average molecular weight is 351 g/mol. The second-order valence-corrected chi connectivity index (χ2v) is 5.56. The van der Waals surface area contributed by atoms with Gasteiger partial charge in [-0.3, -0.25) is 10.1 Å². The van der Waals surface area contributed by atoms with Gasteiger partial charge in [0.1, 0.15) is 11.5 Å². The third-order valence-corrected chi connectivity index (χ3v) is 3.62. The van der Waals surface area contributed by atoms with E-state index in [9.17, 15) is 14.9 Å². The summed E-state index contributed by atoms with van der Waals surface area (Å²) in [5, 5.41) is 12.5. The van der Waals surface area contributed by atoms with Gasteiger partial charge < -0.3 is 14.2 Å². The molecule has 0 aliphatic heterocycles. The van der Waals surface area contributed by atoms with E-state index in [1.54, 1.807) is 19.1 Å². The fraction of sp³-hybridized carbons (Fsp3) is 0.312. The summed E-state index contributed by atoms with van der Waals surface area (Å²) in [6, 6.07) is 6.11. The van der Waals surface area contributed by atoms with Crippen LogP contribution in [0.4, 0.5) is 5.69 Å². The zero-order chi connectivity index (χ0) is 17.7. The molecule has 2 rings (SSSR count). The minimum Gasteiger partial charge on any atom is -0.493 e. The van der Waals surface area contributed by atoms with Gasteiger partial charge in [-0.2, -0.15) is 0 Å². The van der Waals surface area contributed by atoms with E-state index in [0.717, 1.165) is 0 Å². The molecule has 0 atom stereocenters. The summed E-state index contributed by atoms with van der Waals surface area (Å²) in [5.41, 5.74) is -0.392. The number of thioether (sulfide) groups is 1. The van der Waals surface area contributed by atoms with Crippen LogP contribution >= 0.6 is 11.8 Å². The van der Waals surface area contributed by atoms with E-state index in [4.69, 9.17) is 14.2 Å². The number of benzene rings is 2. The second-order valence-electron chi connectivity index (χ2n) is 4.75. The second kappa shape index (κ2) is 7.87. The van der Waals surface area contributed by atoms with E-state index in [2.05, 4.69) is 0 Å². The maximum Gasteiger partial charge on any atom is 0.345 e. The van der Waals surface area contributed by atoms with Crippen LogP contribution in [-0.2, 0) is 4.74 Å². The minimum atomic E-state index is -0.728. The summed E-state index contributed by atoms with van der Waals surface area (Å²) in [7, 11) is 1.49. The van der Waals surface area contributed by atoms with Gasteiger partial charge in [0, 0.05) is 6.07 Å². The zero-order valence-corrected chi connectivity index (χ0v) is 14.3. The van der Waals surface area contributed by atoms with E-state index in [1.807, 2.05) is 6.26 Å². The van der Waals surface area contributed by atoms with Gasteiger partial charge in [-0.05, 0) is 42.2 Å². The molecule has 2 aromatic carbocycles. The van der Waals surface area contributed by atoms with E-state index in [1.165, 1.54) is 31.0 Å². The van der Waals surface area contributed by atoms with Gasteiger partial charge >= 0.3 is 5.97 Å². The van der Waals surface area contributed by atoms with Crippen LogP contribution in [0.5, 0.6) is 11.5 Å². The summed E-state index contributed by atoms with van der Waals surface area (Å²) >= 11 is 1.50. The molecule has 0 heterocycles. The van der Waals surface area contributed by atoms with Crippen molar-refractivity contribution in [2.75, 3.05) is 25.9 Å². The number of hydrogen-bond donors (Lipinski definition) is 0. The Labute approximate surface area is 143 Å². The van der Waals surface area contributed by atoms with Crippen LogP contribution in [0.2, 0.25) is 0 Å². The third kappa shape index (κ3) is 3.70. The van der Waals surface area contributed by atoms with Crippen LogP contribution in [-0.4, -0.2) is 36.8 Å². The maximum atomic E-state index is 12.0. The molecule has 0 N–H and O–H groups in total. The fourth-order valence-corrected chi connectivity index (χ4v) is 2.46. The number of methoxy groups -OCH3 is 1. The predicted octanol–water partition coefficient (Wildman–Crippen LogP) is 3.63. The molecule has 0 aliphatic rings. The van der Waals surface area contributed by atoms with Crippen molar-refractivity contribution >= 4 is 34.2 Å². The molecule has 2 aromatic rings. The standard InChI is InChI=1S/C16H17NO6S/c1-4-22-16(18)12-5-10-8-15(23-9-24-3)14(21-2)7-11(10)6-13(12)17(19)20/h5-8H,4,9H2,1-3H3. The van der Waals surface area contributed by atoms with Crippen LogP contribution in [0.15, 0.2) is 24.3 Å². The molecule has 0 aromatic heterocycles. The molecule has 24 heavy (non-hydrogen) atoms. The average Bonchev–Trinajstić information content (AvgIpc) is 2.57. The Hall–Kier alpha value is -2.48. The predicted molar refractivity (Wildman–Crippen MR) is 92.1 cm³/mol. The molecule has 0 saturated carbocycles. The van der Waals surface area contributed by atoms with Crippen LogP contribution in [0.25, 0.3) is 10.8 Å². The highest BCUT2D eigenvalue weighted by Crippen LogP contribution is 2.36.